The Kier molecular flexibility index (Phi) is 7.07. The number of hydrogen-bond donors (Lipinski definition) is 4. The standard InChI is InChI=1S/C18H20N2O6/c21-15(16(22)13-8-14(17(23)24)10-19-9-13)6-7-20-18(25)26-11-12-4-2-1-3-5-12/h1-5,8-10,15-16,21-22H,6-7,11H2,(H,20,25)(H,23,24). The van der Waals surface area contributed by atoms with Crippen LogP contribution in [-0.4, -0.2) is 45.0 Å². The average molecular weight is 360 g/mol. The molecule has 0 fully saturated rings. The van der Waals surface area contributed by atoms with Crippen LogP contribution in [0.5, 0.6) is 0 Å². The van der Waals surface area contributed by atoms with Gasteiger partial charge in [-0.1, -0.05) is 30.3 Å². The van der Waals surface area contributed by atoms with E-state index in [1.807, 2.05) is 30.3 Å². The van der Waals surface area contributed by atoms with E-state index in [1.165, 1.54) is 12.3 Å². The van der Waals surface area contributed by atoms with Gasteiger partial charge in [-0.05, 0) is 18.1 Å². The maximum absolute atomic E-state index is 11.6. The first-order valence-corrected chi connectivity index (χ1v) is 7.96. The lowest BCUT2D eigenvalue weighted by Crippen LogP contribution is -2.29. The van der Waals surface area contributed by atoms with Gasteiger partial charge >= 0.3 is 12.1 Å². The molecule has 1 aromatic carbocycles. The highest BCUT2D eigenvalue weighted by atomic mass is 16.5. The third-order valence-electron chi connectivity index (χ3n) is 3.63. The Morgan fingerprint density at radius 1 is 1.15 bits per heavy atom. The van der Waals surface area contributed by atoms with Crippen LogP contribution < -0.4 is 5.32 Å². The maximum atomic E-state index is 11.6. The van der Waals surface area contributed by atoms with E-state index in [1.54, 1.807) is 0 Å². The molecule has 2 aromatic rings. The molecule has 26 heavy (non-hydrogen) atoms. The molecule has 0 aliphatic heterocycles. The molecule has 0 spiro atoms. The highest BCUT2D eigenvalue weighted by Gasteiger charge is 2.20. The monoisotopic (exact) mass is 360 g/mol. The Morgan fingerprint density at radius 2 is 1.88 bits per heavy atom. The van der Waals surface area contributed by atoms with Crippen molar-refractivity contribution in [3.05, 3.63) is 65.5 Å². The highest BCUT2D eigenvalue weighted by molar-refractivity contribution is 5.87. The van der Waals surface area contributed by atoms with Crippen LogP contribution in [0.4, 0.5) is 4.79 Å². The number of carboxylic acids is 1. The number of ether oxygens (including phenoxy) is 1. The summed E-state index contributed by atoms with van der Waals surface area (Å²) < 4.78 is 5.03. The number of pyridine rings is 1. The van der Waals surface area contributed by atoms with Gasteiger partial charge in [0.25, 0.3) is 0 Å². The molecular weight excluding hydrogens is 340 g/mol. The normalized spacial score (nSPS) is 12.8. The second-order valence-electron chi connectivity index (χ2n) is 5.60. The fourth-order valence-electron chi connectivity index (χ4n) is 2.21. The Hall–Kier alpha value is -2.97. The van der Waals surface area contributed by atoms with E-state index in [0.29, 0.717) is 0 Å². The van der Waals surface area contributed by atoms with Crippen LogP contribution in [0.2, 0.25) is 0 Å². The predicted octanol–water partition coefficient (Wildman–Crippen LogP) is 1.49. The molecule has 1 heterocycles. The number of carbonyl (C=O) groups is 2. The maximum Gasteiger partial charge on any atom is 0.407 e. The van der Waals surface area contributed by atoms with Gasteiger partial charge in [0.15, 0.2) is 0 Å². The number of carbonyl (C=O) groups excluding carboxylic acids is 1. The first-order valence-electron chi connectivity index (χ1n) is 7.96. The number of nitrogens with one attached hydrogen (secondary N) is 1. The van der Waals surface area contributed by atoms with Crippen LogP contribution in [0.25, 0.3) is 0 Å². The van der Waals surface area contributed by atoms with E-state index in [9.17, 15) is 19.8 Å². The number of aliphatic hydroxyl groups is 2. The average Bonchev–Trinajstić information content (AvgIpc) is 2.66. The molecule has 4 N–H and O–H groups in total. The van der Waals surface area contributed by atoms with Gasteiger partial charge in [0.1, 0.15) is 12.7 Å². The van der Waals surface area contributed by atoms with Crippen molar-refractivity contribution < 1.29 is 29.6 Å². The molecule has 2 atom stereocenters. The molecule has 1 aromatic heterocycles. The second-order valence-corrected chi connectivity index (χ2v) is 5.60. The van der Waals surface area contributed by atoms with Gasteiger partial charge in [0.05, 0.1) is 11.7 Å². The predicted molar refractivity (Wildman–Crippen MR) is 91.4 cm³/mol. The zero-order chi connectivity index (χ0) is 18.9. The molecule has 2 unspecified atom stereocenters. The van der Waals surface area contributed by atoms with Gasteiger partial charge in [-0.3, -0.25) is 4.98 Å². The van der Waals surface area contributed by atoms with Crippen LogP contribution in [0.1, 0.15) is 34.0 Å². The zero-order valence-corrected chi connectivity index (χ0v) is 13.9. The number of hydrogen-bond acceptors (Lipinski definition) is 6. The van der Waals surface area contributed by atoms with Crippen molar-refractivity contribution in [2.45, 2.75) is 25.2 Å². The fourth-order valence-corrected chi connectivity index (χ4v) is 2.21. The summed E-state index contributed by atoms with van der Waals surface area (Å²) in [6.07, 6.45) is -0.667. The van der Waals surface area contributed by atoms with Crippen LogP contribution >= 0.6 is 0 Å². The minimum atomic E-state index is -1.32. The number of alkyl carbamates (subject to hydrolysis) is 1. The molecule has 0 bridgehead atoms. The Morgan fingerprint density at radius 3 is 2.58 bits per heavy atom. The third-order valence-corrected chi connectivity index (χ3v) is 3.63. The highest BCUT2D eigenvalue weighted by Crippen LogP contribution is 2.19. The van der Waals surface area contributed by atoms with Crippen molar-refractivity contribution in [3.8, 4) is 0 Å². The second kappa shape index (κ2) is 9.50. The van der Waals surface area contributed by atoms with Gasteiger partial charge in [0.2, 0.25) is 0 Å². The van der Waals surface area contributed by atoms with E-state index < -0.39 is 24.3 Å². The molecule has 2 rings (SSSR count). The lowest BCUT2D eigenvalue weighted by Gasteiger charge is -2.18. The third kappa shape index (κ3) is 5.83. The van der Waals surface area contributed by atoms with Crippen molar-refractivity contribution in [2.75, 3.05) is 6.54 Å². The summed E-state index contributed by atoms with van der Waals surface area (Å²) in [5.41, 5.74) is 0.948. The summed E-state index contributed by atoms with van der Waals surface area (Å²) in [7, 11) is 0. The van der Waals surface area contributed by atoms with Gasteiger partial charge in [-0.25, -0.2) is 9.59 Å². The number of rotatable bonds is 8. The lowest BCUT2D eigenvalue weighted by molar-refractivity contribution is 0.0133. The van der Waals surface area contributed by atoms with Crippen molar-refractivity contribution >= 4 is 12.1 Å². The molecule has 0 aliphatic carbocycles. The molecular formula is C18H20N2O6. The molecule has 138 valence electrons. The fraction of sp³-hybridized carbons (Fsp3) is 0.278. The quantitative estimate of drug-likeness (QED) is 0.561. The van der Waals surface area contributed by atoms with E-state index in [4.69, 9.17) is 9.84 Å². The number of benzene rings is 1. The van der Waals surface area contributed by atoms with E-state index in [2.05, 4.69) is 10.3 Å². The molecule has 8 nitrogen and oxygen atoms in total. The van der Waals surface area contributed by atoms with Crippen molar-refractivity contribution in [1.82, 2.24) is 10.3 Å². The van der Waals surface area contributed by atoms with Gasteiger partial charge in [-0.15, -0.1) is 0 Å². The van der Waals surface area contributed by atoms with Crippen molar-refractivity contribution in [2.24, 2.45) is 0 Å². The molecule has 0 saturated heterocycles. The zero-order valence-electron chi connectivity index (χ0n) is 13.9. The summed E-state index contributed by atoms with van der Waals surface area (Å²) in [4.78, 5) is 26.2. The topological polar surface area (TPSA) is 129 Å². The molecule has 8 heteroatoms. The van der Waals surface area contributed by atoms with Gasteiger partial charge in [0, 0.05) is 24.5 Å². The number of aromatic nitrogens is 1. The summed E-state index contributed by atoms with van der Waals surface area (Å²) in [6, 6.07) is 10.4. The first-order chi connectivity index (χ1) is 12.5. The van der Waals surface area contributed by atoms with Crippen LogP contribution in [-0.2, 0) is 11.3 Å². The van der Waals surface area contributed by atoms with E-state index in [0.717, 1.165) is 11.8 Å². The molecule has 0 aliphatic rings. The minimum absolute atomic E-state index is 0.0545. The van der Waals surface area contributed by atoms with Crippen molar-refractivity contribution in [1.29, 1.82) is 0 Å². The lowest BCUT2D eigenvalue weighted by atomic mass is 10.0. The Labute approximate surface area is 150 Å². The van der Waals surface area contributed by atoms with Crippen LogP contribution in [0.15, 0.2) is 48.8 Å². The Balaban J connectivity index is 1.75. The van der Waals surface area contributed by atoms with Crippen LogP contribution in [0.3, 0.4) is 0 Å². The number of carboxylic acid groups (broad SMARTS) is 1. The first kappa shape index (κ1) is 19.4. The molecule has 0 saturated carbocycles. The largest absolute Gasteiger partial charge is 0.478 e. The minimum Gasteiger partial charge on any atom is -0.478 e. The SMILES string of the molecule is O=C(NCCC(O)C(O)c1cncc(C(=O)O)c1)OCc1ccccc1. The molecule has 1 amide bonds. The number of aromatic carboxylic acids is 1. The summed E-state index contributed by atoms with van der Waals surface area (Å²) in [6.45, 7) is 0.212. The van der Waals surface area contributed by atoms with E-state index >= 15 is 0 Å². The van der Waals surface area contributed by atoms with Gasteiger partial charge in [-0.2, -0.15) is 0 Å². The van der Waals surface area contributed by atoms with Crippen molar-refractivity contribution in [3.63, 3.8) is 0 Å². The number of aliphatic hydroxyl groups excluding tert-OH is 2. The van der Waals surface area contributed by atoms with E-state index in [-0.39, 0.29) is 30.7 Å². The molecule has 0 radical (unpaired) electrons. The summed E-state index contributed by atoms with van der Waals surface area (Å²) in [5.74, 6) is -1.18. The smallest absolute Gasteiger partial charge is 0.407 e. The number of amides is 1. The summed E-state index contributed by atoms with van der Waals surface area (Å²) >= 11 is 0. The van der Waals surface area contributed by atoms with Crippen LogP contribution in [0, 0.1) is 0 Å². The summed E-state index contributed by atoms with van der Waals surface area (Å²) in [5, 5.41) is 31.5. The number of nitrogens with zero attached hydrogens (tertiary/aromatic N) is 1. The Bertz CT molecular complexity index is 737. The van der Waals surface area contributed by atoms with Gasteiger partial charge < -0.3 is 25.4 Å².